The first-order valence-corrected chi connectivity index (χ1v) is 15.4. The zero-order chi connectivity index (χ0) is 32.2. The third-order valence-corrected chi connectivity index (χ3v) is 7.89. The summed E-state index contributed by atoms with van der Waals surface area (Å²) >= 11 is 0. The fourth-order valence-corrected chi connectivity index (χ4v) is 5.42. The molecule has 0 spiro atoms. The molecule has 9 nitrogen and oxygen atoms in total. The molecule has 0 amide bonds. The van der Waals surface area contributed by atoms with Gasteiger partial charge in [0.15, 0.2) is 17.4 Å². The molecule has 5 aromatic rings. The standard InChI is InChI=1S/C34H36F3N7O2/c1-4-45-24-14-27(36)26(28(37)15-24)20-44-30-10-6-5-9-25(30)32(42-44)34-39-17-31(46-12-8-7-11-43-18-23(35)19-43)33(41-34)40-29-13-22(3)38-16-21(29)2/h5-6,9-10,13-17,23H,4,7-8,11-12,18-20H2,1-3H3,(H,38,39,40,41). The summed E-state index contributed by atoms with van der Waals surface area (Å²) in [6.45, 7) is 8.04. The fraction of sp³-hybridized carbons (Fsp3) is 0.353. The lowest BCUT2D eigenvalue weighted by Gasteiger charge is -2.34. The lowest BCUT2D eigenvalue weighted by molar-refractivity contribution is 0.0634. The normalized spacial score (nSPS) is 13.6. The molecule has 1 fully saturated rings. The lowest BCUT2D eigenvalue weighted by Crippen LogP contribution is -2.48. The molecule has 0 unspecified atom stereocenters. The Bertz CT molecular complexity index is 1820. The Balaban J connectivity index is 1.30. The number of hydrogen-bond donors (Lipinski definition) is 1. The van der Waals surface area contributed by atoms with Crippen LogP contribution in [0, 0.1) is 25.5 Å². The summed E-state index contributed by atoms with van der Waals surface area (Å²) in [5, 5.41) is 8.86. The molecule has 4 heterocycles. The molecule has 2 aromatic carbocycles. The largest absolute Gasteiger partial charge is 0.494 e. The van der Waals surface area contributed by atoms with Crippen LogP contribution in [0.3, 0.4) is 0 Å². The Hall–Kier alpha value is -4.71. The van der Waals surface area contributed by atoms with Crippen LogP contribution in [0.5, 0.6) is 11.5 Å². The van der Waals surface area contributed by atoms with E-state index in [1.807, 2.05) is 44.2 Å². The zero-order valence-corrected chi connectivity index (χ0v) is 26.1. The third-order valence-electron chi connectivity index (χ3n) is 7.89. The smallest absolute Gasteiger partial charge is 0.183 e. The number of nitrogens with one attached hydrogen (secondary N) is 1. The molecule has 0 bridgehead atoms. The summed E-state index contributed by atoms with van der Waals surface area (Å²) in [4.78, 5) is 15.9. The van der Waals surface area contributed by atoms with Crippen molar-refractivity contribution in [2.45, 2.75) is 46.3 Å². The number of rotatable bonds is 13. The van der Waals surface area contributed by atoms with Gasteiger partial charge in [0.1, 0.15) is 29.2 Å². The number of fused-ring (bicyclic) bond motifs is 1. The number of para-hydroxylation sites is 1. The fourth-order valence-electron chi connectivity index (χ4n) is 5.42. The lowest BCUT2D eigenvalue weighted by atomic mass is 10.1. The second kappa shape index (κ2) is 13.7. The minimum Gasteiger partial charge on any atom is -0.494 e. The van der Waals surface area contributed by atoms with Crippen LogP contribution >= 0.6 is 0 Å². The summed E-state index contributed by atoms with van der Waals surface area (Å²) in [6, 6.07) is 11.7. The first-order chi connectivity index (χ1) is 22.3. The van der Waals surface area contributed by atoms with Crippen molar-refractivity contribution in [2.24, 2.45) is 0 Å². The Morgan fingerprint density at radius 3 is 2.52 bits per heavy atom. The molecule has 240 valence electrons. The molecule has 6 rings (SSSR count). The van der Waals surface area contributed by atoms with Crippen molar-refractivity contribution < 1.29 is 22.6 Å². The van der Waals surface area contributed by atoms with E-state index >= 15 is 8.78 Å². The summed E-state index contributed by atoms with van der Waals surface area (Å²) in [7, 11) is 0. The first-order valence-electron chi connectivity index (χ1n) is 15.4. The second-order valence-corrected chi connectivity index (χ2v) is 11.4. The number of aromatic nitrogens is 5. The predicted octanol–water partition coefficient (Wildman–Crippen LogP) is 6.79. The van der Waals surface area contributed by atoms with Gasteiger partial charge >= 0.3 is 0 Å². The quantitative estimate of drug-likeness (QED) is 0.142. The number of anilines is 2. The van der Waals surface area contributed by atoms with E-state index in [0.29, 0.717) is 54.9 Å². The molecule has 46 heavy (non-hydrogen) atoms. The van der Waals surface area contributed by atoms with Gasteiger partial charge in [-0.15, -0.1) is 0 Å². The number of aryl methyl sites for hydroxylation is 2. The highest BCUT2D eigenvalue weighted by Crippen LogP contribution is 2.33. The van der Waals surface area contributed by atoms with Gasteiger partial charge in [-0.2, -0.15) is 5.10 Å². The Morgan fingerprint density at radius 1 is 0.978 bits per heavy atom. The van der Waals surface area contributed by atoms with Crippen molar-refractivity contribution in [3.05, 3.63) is 83.3 Å². The van der Waals surface area contributed by atoms with E-state index in [9.17, 15) is 4.39 Å². The summed E-state index contributed by atoms with van der Waals surface area (Å²) in [5.41, 5.74) is 3.58. The average Bonchev–Trinajstić information content (AvgIpc) is 3.38. The summed E-state index contributed by atoms with van der Waals surface area (Å²) in [6.07, 6.45) is 4.36. The van der Waals surface area contributed by atoms with E-state index < -0.39 is 17.8 Å². The average molecular weight is 632 g/mol. The van der Waals surface area contributed by atoms with Crippen molar-refractivity contribution in [2.75, 3.05) is 38.2 Å². The molecular formula is C34H36F3N7O2. The maximum Gasteiger partial charge on any atom is 0.183 e. The first kappa shape index (κ1) is 31.3. The number of nitrogens with zero attached hydrogens (tertiary/aromatic N) is 6. The second-order valence-electron chi connectivity index (χ2n) is 11.4. The van der Waals surface area contributed by atoms with Gasteiger partial charge in [-0.05, 0) is 57.9 Å². The number of alkyl halides is 1. The maximum absolute atomic E-state index is 15.0. The number of benzene rings is 2. The molecule has 0 saturated carbocycles. The topological polar surface area (TPSA) is 90.2 Å². The minimum atomic E-state index is -0.715. The summed E-state index contributed by atoms with van der Waals surface area (Å²) < 4.78 is 56.1. The van der Waals surface area contributed by atoms with Crippen LogP contribution in [0.4, 0.5) is 24.7 Å². The molecule has 0 radical (unpaired) electrons. The highest BCUT2D eigenvalue weighted by atomic mass is 19.1. The molecule has 3 aromatic heterocycles. The third kappa shape index (κ3) is 6.91. The van der Waals surface area contributed by atoms with Crippen LogP contribution in [-0.2, 0) is 6.54 Å². The van der Waals surface area contributed by atoms with Crippen LogP contribution in [0.2, 0.25) is 0 Å². The molecule has 0 aliphatic carbocycles. The molecule has 1 aliphatic heterocycles. The maximum atomic E-state index is 15.0. The van der Waals surface area contributed by atoms with Crippen LogP contribution in [-0.4, -0.2) is 68.7 Å². The van der Waals surface area contributed by atoms with Crippen molar-refractivity contribution >= 4 is 22.4 Å². The number of likely N-dealkylation sites (tertiary alicyclic amines) is 1. The van der Waals surface area contributed by atoms with Gasteiger partial charge in [-0.3, -0.25) is 14.6 Å². The van der Waals surface area contributed by atoms with E-state index in [0.717, 1.165) is 41.7 Å². The van der Waals surface area contributed by atoms with Crippen LogP contribution < -0.4 is 14.8 Å². The van der Waals surface area contributed by atoms with Crippen molar-refractivity contribution in [3.8, 4) is 23.0 Å². The van der Waals surface area contributed by atoms with Crippen molar-refractivity contribution in [1.82, 2.24) is 29.6 Å². The van der Waals surface area contributed by atoms with Gasteiger partial charge in [0.25, 0.3) is 0 Å². The predicted molar refractivity (Wildman–Crippen MR) is 170 cm³/mol. The van der Waals surface area contributed by atoms with E-state index in [2.05, 4.69) is 20.2 Å². The highest BCUT2D eigenvalue weighted by molar-refractivity contribution is 5.92. The SMILES string of the molecule is CCOc1cc(F)c(Cn2nc(-c3ncc(OCCCCN4CC(F)C4)c(Nc4cc(C)ncc4C)n3)c3ccccc32)c(F)c1. The highest BCUT2D eigenvalue weighted by Gasteiger charge is 2.25. The number of hydrogen-bond acceptors (Lipinski definition) is 8. The van der Waals surface area contributed by atoms with Crippen molar-refractivity contribution in [3.63, 3.8) is 0 Å². The Morgan fingerprint density at radius 2 is 1.76 bits per heavy atom. The number of unbranched alkanes of at least 4 members (excludes halogenated alkanes) is 1. The van der Waals surface area contributed by atoms with Crippen LogP contribution in [0.1, 0.15) is 36.6 Å². The van der Waals surface area contributed by atoms with Crippen LogP contribution in [0.15, 0.2) is 54.9 Å². The minimum absolute atomic E-state index is 0.127. The summed E-state index contributed by atoms with van der Waals surface area (Å²) in [5.74, 6) is -0.0635. The van der Waals surface area contributed by atoms with Gasteiger partial charge in [-0.1, -0.05) is 18.2 Å². The molecular weight excluding hydrogens is 595 g/mol. The molecule has 0 atom stereocenters. The Labute approximate surface area is 265 Å². The Kier molecular flexibility index (Phi) is 9.34. The van der Waals surface area contributed by atoms with Gasteiger partial charge in [0.05, 0.1) is 31.5 Å². The molecule has 1 aliphatic rings. The number of halogens is 3. The van der Waals surface area contributed by atoms with Gasteiger partial charge in [-0.25, -0.2) is 23.1 Å². The zero-order valence-electron chi connectivity index (χ0n) is 26.1. The van der Waals surface area contributed by atoms with Crippen LogP contribution in [0.25, 0.3) is 22.4 Å². The van der Waals surface area contributed by atoms with Gasteiger partial charge in [0, 0.05) is 53.8 Å². The van der Waals surface area contributed by atoms with Crippen molar-refractivity contribution in [1.29, 1.82) is 0 Å². The van der Waals surface area contributed by atoms with E-state index in [1.54, 1.807) is 24.0 Å². The van der Waals surface area contributed by atoms with Gasteiger partial charge in [0.2, 0.25) is 0 Å². The number of ether oxygens (including phenoxy) is 2. The van der Waals surface area contributed by atoms with E-state index in [-0.39, 0.29) is 17.9 Å². The molecule has 12 heteroatoms. The van der Waals surface area contributed by atoms with Gasteiger partial charge < -0.3 is 14.8 Å². The molecule has 1 saturated heterocycles. The van der Waals surface area contributed by atoms with E-state index in [4.69, 9.17) is 19.6 Å². The molecule has 1 N–H and O–H groups in total. The monoisotopic (exact) mass is 631 g/mol. The van der Waals surface area contributed by atoms with E-state index in [1.165, 1.54) is 12.1 Å². The number of pyridine rings is 1.